The molecule has 0 bridgehead atoms. The van der Waals surface area contributed by atoms with E-state index >= 15 is 0 Å². The minimum atomic E-state index is -0.384. The number of hydrogen-bond acceptors (Lipinski definition) is 4. The third kappa shape index (κ3) is 5.93. The molecule has 198 valence electrons. The van der Waals surface area contributed by atoms with Crippen LogP contribution in [0.4, 0.5) is 0 Å². The van der Waals surface area contributed by atoms with Crippen LogP contribution >= 0.6 is 0 Å². The Balaban J connectivity index is 0.00000353. The van der Waals surface area contributed by atoms with Crippen LogP contribution in [0.3, 0.4) is 0 Å². The van der Waals surface area contributed by atoms with Gasteiger partial charge in [0.2, 0.25) is 0 Å². The zero-order chi connectivity index (χ0) is 26.3. The largest absolute Gasteiger partial charge is 0.482 e. The molecule has 0 amide bonds. The predicted octanol–water partition coefficient (Wildman–Crippen LogP) is 8.15. The fraction of sp³-hybridized carbons (Fsp3) is 0.176. The normalized spacial score (nSPS) is 10.5. The molecule has 0 saturated heterocycles. The van der Waals surface area contributed by atoms with Gasteiger partial charge in [0, 0.05) is 23.2 Å². The Bertz CT molecular complexity index is 1530. The Hall–Kier alpha value is -4.64. The third-order valence-electron chi connectivity index (χ3n) is 6.35. The molecule has 5 aromatic rings. The summed E-state index contributed by atoms with van der Waals surface area (Å²) in [6.45, 7) is 4.90. The zero-order valence-electron chi connectivity index (χ0n) is 21.6. The molecule has 0 radical (unpaired) electrons. The molecular formula is C34H34N2O3. The molecule has 0 aliphatic rings. The van der Waals surface area contributed by atoms with Crippen molar-refractivity contribution in [3.05, 3.63) is 109 Å². The van der Waals surface area contributed by atoms with E-state index < -0.39 is 0 Å². The number of hydrogen-bond donors (Lipinski definition) is 0. The van der Waals surface area contributed by atoms with Crippen molar-refractivity contribution >= 4 is 5.97 Å². The van der Waals surface area contributed by atoms with Crippen molar-refractivity contribution in [2.75, 3.05) is 13.2 Å². The molecule has 0 N–H and O–H groups in total. The Morgan fingerprint density at radius 3 is 2.03 bits per heavy atom. The molecule has 0 atom stereocenters. The summed E-state index contributed by atoms with van der Waals surface area (Å²) in [5.74, 6) is 1.13. The molecular weight excluding hydrogens is 484 g/mol. The highest BCUT2D eigenvalue weighted by molar-refractivity contribution is 5.87. The average Bonchev–Trinajstić information content (AvgIpc) is 3.37. The van der Waals surface area contributed by atoms with Crippen LogP contribution in [0, 0.1) is 0 Å². The van der Waals surface area contributed by atoms with Crippen molar-refractivity contribution < 1.29 is 14.3 Å². The summed E-state index contributed by atoms with van der Waals surface area (Å²) in [5, 5.41) is 0. The van der Waals surface area contributed by atoms with Crippen molar-refractivity contribution in [1.29, 1.82) is 0 Å². The van der Waals surface area contributed by atoms with Gasteiger partial charge in [0.15, 0.2) is 6.61 Å². The third-order valence-corrected chi connectivity index (χ3v) is 6.35. The molecule has 0 saturated carbocycles. The highest BCUT2D eigenvalue weighted by Gasteiger charge is 2.22. The van der Waals surface area contributed by atoms with Crippen LogP contribution in [-0.2, 0) is 16.1 Å². The number of aromatic nitrogens is 2. The highest BCUT2D eigenvalue weighted by atomic mass is 16.6. The first-order valence-corrected chi connectivity index (χ1v) is 12.9. The average molecular weight is 519 g/mol. The minimum Gasteiger partial charge on any atom is -0.482 e. The molecule has 0 aliphatic carbocycles. The lowest BCUT2D eigenvalue weighted by Gasteiger charge is -2.14. The summed E-state index contributed by atoms with van der Waals surface area (Å²) in [4.78, 5) is 17.0. The van der Waals surface area contributed by atoms with E-state index in [2.05, 4.69) is 60.0 Å². The van der Waals surface area contributed by atoms with Crippen LogP contribution in [0.5, 0.6) is 5.75 Å². The predicted molar refractivity (Wildman–Crippen MR) is 159 cm³/mol. The highest BCUT2D eigenvalue weighted by Crippen LogP contribution is 2.39. The van der Waals surface area contributed by atoms with Crippen molar-refractivity contribution in [3.8, 4) is 50.8 Å². The summed E-state index contributed by atoms with van der Waals surface area (Å²) in [5.41, 5.74) is 7.29. The first-order chi connectivity index (χ1) is 18.7. The molecule has 0 unspecified atom stereocenters. The number of nitrogens with zero attached hydrogens (tertiary/aromatic N) is 2. The molecule has 0 fully saturated rings. The summed E-state index contributed by atoms with van der Waals surface area (Å²) in [7, 11) is 0. The first-order valence-electron chi connectivity index (χ1n) is 12.9. The number of ether oxygens (including phenoxy) is 2. The monoisotopic (exact) mass is 518 g/mol. The zero-order valence-corrected chi connectivity index (χ0v) is 21.6. The van der Waals surface area contributed by atoms with Gasteiger partial charge >= 0.3 is 5.97 Å². The van der Waals surface area contributed by atoms with Gasteiger partial charge in [-0.05, 0) is 37.1 Å². The maximum Gasteiger partial charge on any atom is 0.344 e. The van der Waals surface area contributed by atoms with Gasteiger partial charge < -0.3 is 14.0 Å². The van der Waals surface area contributed by atoms with E-state index in [9.17, 15) is 4.79 Å². The maximum atomic E-state index is 11.8. The number of esters is 1. The van der Waals surface area contributed by atoms with E-state index in [1.807, 2.05) is 60.7 Å². The van der Waals surface area contributed by atoms with Crippen LogP contribution in [-0.4, -0.2) is 28.7 Å². The van der Waals surface area contributed by atoms with E-state index in [0.717, 1.165) is 51.6 Å². The maximum absolute atomic E-state index is 11.8. The number of rotatable bonds is 9. The smallest absolute Gasteiger partial charge is 0.344 e. The number of imidazole rings is 1. The van der Waals surface area contributed by atoms with E-state index in [1.54, 1.807) is 6.92 Å². The second kappa shape index (κ2) is 12.7. The van der Waals surface area contributed by atoms with Gasteiger partial charge in [0.05, 0.1) is 18.0 Å². The molecule has 39 heavy (non-hydrogen) atoms. The summed E-state index contributed by atoms with van der Waals surface area (Å²) >= 11 is 0. The van der Waals surface area contributed by atoms with Crippen molar-refractivity contribution in [2.24, 2.45) is 0 Å². The van der Waals surface area contributed by atoms with Gasteiger partial charge in [-0.2, -0.15) is 0 Å². The fourth-order valence-electron chi connectivity index (χ4n) is 4.68. The molecule has 0 aliphatic heterocycles. The minimum absolute atomic E-state index is 0. The van der Waals surface area contributed by atoms with Crippen LogP contribution in [0.15, 0.2) is 109 Å². The van der Waals surface area contributed by atoms with Gasteiger partial charge in [-0.3, -0.25) is 0 Å². The van der Waals surface area contributed by atoms with E-state index in [-0.39, 0.29) is 20.0 Å². The van der Waals surface area contributed by atoms with E-state index in [1.165, 1.54) is 0 Å². The van der Waals surface area contributed by atoms with Crippen LogP contribution in [0.1, 0.15) is 21.3 Å². The Kier molecular flexibility index (Phi) is 8.95. The second-order valence-corrected chi connectivity index (χ2v) is 8.78. The topological polar surface area (TPSA) is 53.4 Å². The SMILES string of the molecule is C.CCOC(=O)COc1cccc(-c2ccccc2-c2nc(-c3ccccc3)c(-c3ccccc3)n2CC)c1. The number of carbonyl (C=O) groups excluding carboxylic acids is 1. The summed E-state index contributed by atoms with van der Waals surface area (Å²) < 4.78 is 13.0. The summed E-state index contributed by atoms with van der Waals surface area (Å²) in [6.07, 6.45) is 0. The lowest BCUT2D eigenvalue weighted by molar-refractivity contribution is -0.145. The Morgan fingerprint density at radius 1 is 0.744 bits per heavy atom. The lowest BCUT2D eigenvalue weighted by Crippen LogP contribution is -2.14. The van der Waals surface area contributed by atoms with Crippen molar-refractivity contribution in [3.63, 3.8) is 0 Å². The van der Waals surface area contributed by atoms with E-state index in [0.29, 0.717) is 12.4 Å². The first kappa shape index (κ1) is 27.4. The van der Waals surface area contributed by atoms with Crippen LogP contribution < -0.4 is 4.74 Å². The Labute approximate surface area is 230 Å². The van der Waals surface area contributed by atoms with Gasteiger partial charge in [-0.1, -0.05) is 104 Å². The van der Waals surface area contributed by atoms with Crippen molar-refractivity contribution in [2.45, 2.75) is 27.8 Å². The second-order valence-electron chi connectivity index (χ2n) is 8.78. The van der Waals surface area contributed by atoms with Crippen LogP contribution in [0.25, 0.3) is 45.0 Å². The van der Waals surface area contributed by atoms with E-state index in [4.69, 9.17) is 14.5 Å². The van der Waals surface area contributed by atoms with Gasteiger partial charge in [-0.15, -0.1) is 0 Å². The standard InChI is InChI=1S/C33H30N2O3.CH4/c1-3-35-32(25-16-9-6-10-17-25)31(24-14-7-5-8-15-24)34-33(35)29-21-12-11-20-28(29)26-18-13-19-27(22-26)38-23-30(36)37-4-2;/h5-22H,3-4,23H2,1-2H3;1H4. The van der Waals surface area contributed by atoms with Crippen LogP contribution in [0.2, 0.25) is 0 Å². The molecule has 0 spiro atoms. The molecule has 1 heterocycles. The molecule has 5 nitrogen and oxygen atoms in total. The quantitative estimate of drug-likeness (QED) is 0.185. The summed E-state index contributed by atoms with van der Waals surface area (Å²) in [6, 6.07) is 36.8. The lowest BCUT2D eigenvalue weighted by atomic mass is 9.99. The molecule has 4 aromatic carbocycles. The molecule has 1 aromatic heterocycles. The van der Waals surface area contributed by atoms with Gasteiger partial charge in [0.1, 0.15) is 11.6 Å². The molecule has 5 heteroatoms. The van der Waals surface area contributed by atoms with Gasteiger partial charge in [-0.25, -0.2) is 9.78 Å². The fourth-order valence-corrected chi connectivity index (χ4v) is 4.68. The Morgan fingerprint density at radius 2 is 1.36 bits per heavy atom. The van der Waals surface area contributed by atoms with Crippen molar-refractivity contribution in [1.82, 2.24) is 9.55 Å². The number of carbonyl (C=O) groups is 1. The molecule has 5 rings (SSSR count). The number of benzene rings is 4. The van der Waals surface area contributed by atoms with Gasteiger partial charge in [0.25, 0.3) is 0 Å².